The van der Waals surface area contributed by atoms with Crippen LogP contribution in [-0.2, 0) is 14.8 Å². The fraction of sp³-hybridized carbons (Fsp3) is 0.667. The Bertz CT molecular complexity index is 459. The second kappa shape index (κ2) is 4.73. The van der Waals surface area contributed by atoms with Gasteiger partial charge in [0.1, 0.15) is 4.90 Å². The molecule has 1 saturated heterocycles. The zero-order chi connectivity index (χ0) is 12.5. The quantitative estimate of drug-likeness (QED) is 0.737. The van der Waals surface area contributed by atoms with Crippen molar-refractivity contribution in [2.75, 3.05) is 19.6 Å². The van der Waals surface area contributed by atoms with E-state index in [9.17, 15) is 8.42 Å². The number of sulfonamides is 1. The summed E-state index contributed by atoms with van der Waals surface area (Å²) < 4.78 is 31.4. The SMILES string of the molecule is CC1CN(S(=O)(=O)c2cn[nH]c2)CC(CN)O1. The number of morpholine rings is 1. The molecule has 7 nitrogen and oxygen atoms in total. The van der Waals surface area contributed by atoms with Crippen LogP contribution in [0.4, 0.5) is 0 Å². The highest BCUT2D eigenvalue weighted by Crippen LogP contribution is 2.19. The van der Waals surface area contributed by atoms with E-state index in [0.29, 0.717) is 13.1 Å². The van der Waals surface area contributed by atoms with Crippen LogP contribution in [0.15, 0.2) is 17.3 Å². The Morgan fingerprint density at radius 2 is 2.41 bits per heavy atom. The minimum Gasteiger partial charge on any atom is -0.371 e. The summed E-state index contributed by atoms with van der Waals surface area (Å²) >= 11 is 0. The molecule has 1 aromatic heterocycles. The molecule has 2 rings (SSSR count). The van der Waals surface area contributed by atoms with Gasteiger partial charge in [-0.05, 0) is 6.92 Å². The second-order valence-corrected chi connectivity index (χ2v) is 6.00. The number of rotatable bonds is 3. The minimum absolute atomic E-state index is 0.154. The third kappa shape index (κ3) is 2.49. The summed E-state index contributed by atoms with van der Waals surface area (Å²) in [7, 11) is -3.49. The van der Waals surface area contributed by atoms with Gasteiger partial charge in [-0.15, -0.1) is 0 Å². The van der Waals surface area contributed by atoms with E-state index in [1.807, 2.05) is 6.92 Å². The maximum absolute atomic E-state index is 12.2. The maximum atomic E-state index is 12.2. The fourth-order valence-corrected chi connectivity index (χ4v) is 3.31. The normalized spacial score (nSPS) is 27.2. The number of H-pyrrole nitrogens is 1. The molecule has 0 aliphatic carbocycles. The van der Waals surface area contributed by atoms with Gasteiger partial charge in [0.05, 0.1) is 18.4 Å². The summed E-state index contributed by atoms with van der Waals surface area (Å²) in [5, 5.41) is 6.15. The van der Waals surface area contributed by atoms with Gasteiger partial charge in [0.2, 0.25) is 10.0 Å². The molecule has 0 spiro atoms. The van der Waals surface area contributed by atoms with Crippen LogP contribution in [0.3, 0.4) is 0 Å². The molecule has 3 N–H and O–H groups in total. The van der Waals surface area contributed by atoms with Gasteiger partial charge >= 0.3 is 0 Å². The summed E-state index contributed by atoms with van der Waals surface area (Å²) in [6.45, 7) is 2.76. The topological polar surface area (TPSA) is 101 Å². The highest BCUT2D eigenvalue weighted by molar-refractivity contribution is 7.89. The van der Waals surface area contributed by atoms with Gasteiger partial charge in [0.15, 0.2) is 0 Å². The Morgan fingerprint density at radius 1 is 1.65 bits per heavy atom. The van der Waals surface area contributed by atoms with Crippen LogP contribution in [0.5, 0.6) is 0 Å². The van der Waals surface area contributed by atoms with Crippen LogP contribution >= 0.6 is 0 Å². The molecule has 1 fully saturated rings. The van der Waals surface area contributed by atoms with E-state index in [0.717, 1.165) is 0 Å². The zero-order valence-corrected chi connectivity index (χ0v) is 10.4. The predicted octanol–water partition coefficient (Wildman–Crippen LogP) is -0.854. The molecule has 8 heteroatoms. The highest BCUT2D eigenvalue weighted by Gasteiger charge is 2.33. The number of aromatic nitrogens is 2. The standard InChI is InChI=1S/C9H16N4O3S/c1-7-5-13(6-8(2-10)16-7)17(14,15)9-3-11-12-4-9/h3-4,7-8H,2,5-6,10H2,1H3,(H,11,12). The van der Waals surface area contributed by atoms with Crippen molar-refractivity contribution in [1.82, 2.24) is 14.5 Å². The Kier molecular flexibility index (Phi) is 3.48. The van der Waals surface area contributed by atoms with Gasteiger partial charge in [-0.1, -0.05) is 0 Å². The lowest BCUT2D eigenvalue weighted by molar-refractivity contribution is -0.0486. The molecule has 0 bridgehead atoms. The van der Waals surface area contributed by atoms with E-state index >= 15 is 0 Å². The van der Waals surface area contributed by atoms with Gasteiger partial charge in [-0.2, -0.15) is 9.40 Å². The first-order valence-electron chi connectivity index (χ1n) is 5.38. The zero-order valence-electron chi connectivity index (χ0n) is 9.54. The molecule has 2 atom stereocenters. The van der Waals surface area contributed by atoms with Crippen LogP contribution in [0.1, 0.15) is 6.92 Å². The van der Waals surface area contributed by atoms with Crippen LogP contribution in [-0.4, -0.2) is 54.8 Å². The largest absolute Gasteiger partial charge is 0.371 e. The lowest BCUT2D eigenvalue weighted by Crippen LogP contribution is -2.51. The Morgan fingerprint density at radius 3 is 3.00 bits per heavy atom. The number of nitrogens with two attached hydrogens (primary N) is 1. The Hall–Kier alpha value is -0.960. The third-order valence-corrected chi connectivity index (χ3v) is 4.46. The van der Waals surface area contributed by atoms with Crippen molar-refractivity contribution < 1.29 is 13.2 Å². The van der Waals surface area contributed by atoms with E-state index in [2.05, 4.69) is 10.2 Å². The predicted molar refractivity (Wildman–Crippen MR) is 60.7 cm³/mol. The van der Waals surface area contributed by atoms with E-state index in [-0.39, 0.29) is 23.6 Å². The smallest absolute Gasteiger partial charge is 0.246 e. The molecular weight excluding hydrogens is 244 g/mol. The van der Waals surface area contributed by atoms with Crippen molar-refractivity contribution in [3.05, 3.63) is 12.4 Å². The Labute approximate surface area is 100.0 Å². The van der Waals surface area contributed by atoms with E-state index in [1.165, 1.54) is 16.7 Å². The van der Waals surface area contributed by atoms with Crippen molar-refractivity contribution in [1.29, 1.82) is 0 Å². The average Bonchev–Trinajstić information content (AvgIpc) is 2.82. The maximum Gasteiger partial charge on any atom is 0.246 e. The monoisotopic (exact) mass is 260 g/mol. The van der Waals surface area contributed by atoms with Crippen molar-refractivity contribution in [3.8, 4) is 0 Å². The van der Waals surface area contributed by atoms with Crippen molar-refractivity contribution in [2.45, 2.75) is 24.0 Å². The molecular formula is C9H16N4O3S. The molecule has 2 heterocycles. The number of aromatic amines is 1. The van der Waals surface area contributed by atoms with E-state index < -0.39 is 10.0 Å². The second-order valence-electron chi connectivity index (χ2n) is 4.06. The van der Waals surface area contributed by atoms with E-state index in [1.54, 1.807) is 0 Å². The lowest BCUT2D eigenvalue weighted by Gasteiger charge is -2.35. The summed E-state index contributed by atoms with van der Waals surface area (Å²) in [6.07, 6.45) is 2.26. The molecule has 0 radical (unpaired) electrons. The Balaban J connectivity index is 2.22. The first kappa shape index (κ1) is 12.5. The number of nitrogens with zero attached hydrogens (tertiary/aromatic N) is 2. The molecule has 96 valence electrons. The molecule has 0 saturated carbocycles. The van der Waals surface area contributed by atoms with Crippen molar-refractivity contribution in [2.24, 2.45) is 5.73 Å². The highest BCUT2D eigenvalue weighted by atomic mass is 32.2. The van der Waals surface area contributed by atoms with Gasteiger partial charge < -0.3 is 10.5 Å². The first-order valence-corrected chi connectivity index (χ1v) is 6.82. The van der Waals surface area contributed by atoms with Crippen LogP contribution in [0.25, 0.3) is 0 Å². The number of hydrogen-bond acceptors (Lipinski definition) is 5. The lowest BCUT2D eigenvalue weighted by atomic mass is 10.2. The molecule has 1 aliphatic heterocycles. The van der Waals surface area contributed by atoms with Crippen molar-refractivity contribution in [3.63, 3.8) is 0 Å². The van der Waals surface area contributed by atoms with Gasteiger partial charge in [-0.3, -0.25) is 5.10 Å². The molecule has 2 unspecified atom stereocenters. The van der Waals surface area contributed by atoms with Crippen LogP contribution in [0.2, 0.25) is 0 Å². The van der Waals surface area contributed by atoms with Gasteiger partial charge in [0.25, 0.3) is 0 Å². The molecule has 0 amide bonds. The van der Waals surface area contributed by atoms with Gasteiger partial charge in [0, 0.05) is 25.8 Å². The average molecular weight is 260 g/mol. The van der Waals surface area contributed by atoms with Crippen molar-refractivity contribution >= 4 is 10.0 Å². The molecule has 0 aromatic carbocycles. The number of nitrogens with one attached hydrogen (secondary N) is 1. The van der Waals surface area contributed by atoms with Crippen LogP contribution < -0.4 is 5.73 Å². The van der Waals surface area contributed by atoms with Gasteiger partial charge in [-0.25, -0.2) is 8.42 Å². The van der Waals surface area contributed by atoms with E-state index in [4.69, 9.17) is 10.5 Å². The van der Waals surface area contributed by atoms with Crippen LogP contribution in [0, 0.1) is 0 Å². The third-order valence-electron chi connectivity index (χ3n) is 2.67. The molecule has 17 heavy (non-hydrogen) atoms. The molecule has 1 aliphatic rings. The summed E-state index contributed by atoms with van der Waals surface area (Å²) in [6, 6.07) is 0. The number of hydrogen-bond donors (Lipinski definition) is 2. The summed E-state index contributed by atoms with van der Waals surface area (Å²) in [4.78, 5) is 0.169. The first-order chi connectivity index (χ1) is 8.04. The summed E-state index contributed by atoms with van der Waals surface area (Å²) in [5.74, 6) is 0. The fourth-order valence-electron chi connectivity index (χ4n) is 1.86. The molecule has 1 aromatic rings. The minimum atomic E-state index is -3.49. The number of ether oxygens (including phenoxy) is 1. The summed E-state index contributed by atoms with van der Waals surface area (Å²) in [5.41, 5.74) is 5.52.